The molecule has 0 atom stereocenters. The maximum atomic E-state index is 6.19. The number of fused-ring (bicyclic) bond motifs is 1. The van der Waals surface area contributed by atoms with Gasteiger partial charge in [0.05, 0.1) is 0 Å². The maximum absolute atomic E-state index is 6.19. The minimum atomic E-state index is 0.585. The third-order valence-corrected chi connectivity index (χ3v) is 6.57. The zero-order chi connectivity index (χ0) is 23.1. The summed E-state index contributed by atoms with van der Waals surface area (Å²) >= 11 is 18.2. The molecule has 172 valence electrons. The fourth-order valence-electron chi connectivity index (χ4n) is 4.02. The van der Waals surface area contributed by atoms with Crippen LogP contribution in [0.15, 0.2) is 48.7 Å². The van der Waals surface area contributed by atoms with Gasteiger partial charge < -0.3 is 19.7 Å². The number of hydrogen-bond donors (Lipinski definition) is 1. The molecule has 1 aromatic heterocycles. The summed E-state index contributed by atoms with van der Waals surface area (Å²) in [6.07, 6.45) is 3.28. The Morgan fingerprint density at radius 1 is 1.00 bits per heavy atom. The molecule has 0 unspecified atom stereocenters. The molecule has 0 saturated carbocycles. The molecule has 0 fully saturated rings. The van der Waals surface area contributed by atoms with Gasteiger partial charge in [-0.3, -0.25) is 0 Å². The van der Waals surface area contributed by atoms with E-state index in [4.69, 9.17) is 35.4 Å². The van der Waals surface area contributed by atoms with Crippen molar-refractivity contribution in [2.75, 3.05) is 31.5 Å². The molecule has 4 nitrogen and oxygen atoms in total. The molecule has 2 aromatic carbocycles. The Bertz CT molecular complexity index is 1030. The maximum Gasteiger partial charge on any atom is 0.173 e. The Balaban J connectivity index is 1.82. The molecule has 7 heteroatoms. The van der Waals surface area contributed by atoms with E-state index in [0.29, 0.717) is 15.2 Å². The highest BCUT2D eigenvalue weighted by atomic mass is 35.5. The zero-order valence-corrected chi connectivity index (χ0v) is 21.4. The predicted octanol–water partition coefficient (Wildman–Crippen LogP) is 6.90. The number of anilines is 1. The van der Waals surface area contributed by atoms with Gasteiger partial charge in [0.2, 0.25) is 0 Å². The van der Waals surface area contributed by atoms with Crippen LogP contribution in [0.3, 0.4) is 0 Å². The van der Waals surface area contributed by atoms with Gasteiger partial charge in [-0.2, -0.15) is 0 Å². The van der Waals surface area contributed by atoms with Gasteiger partial charge in [0.1, 0.15) is 0 Å². The minimum absolute atomic E-state index is 0.585. The standard InChI is InChI=1S/C25H32Cl2N4S/c1-4-29(5-2)12-9-13-31(25(32)28-22-15-20(26)14-21(27)16-22)18-19-17-30(6-3)24-11-8-7-10-23(19)24/h7-8,10-11,14-17H,4-6,9,12-13,18H2,1-3H3,(H,28,32). The third-order valence-electron chi connectivity index (χ3n) is 5.77. The van der Waals surface area contributed by atoms with Crippen LogP contribution in [0.25, 0.3) is 10.9 Å². The summed E-state index contributed by atoms with van der Waals surface area (Å²) < 4.78 is 2.30. The Morgan fingerprint density at radius 3 is 2.34 bits per heavy atom. The molecule has 0 radical (unpaired) electrons. The summed E-state index contributed by atoms with van der Waals surface area (Å²) in [6, 6.07) is 14.0. The lowest BCUT2D eigenvalue weighted by Crippen LogP contribution is -2.36. The lowest BCUT2D eigenvalue weighted by molar-refractivity contribution is 0.281. The highest BCUT2D eigenvalue weighted by molar-refractivity contribution is 7.80. The molecule has 0 saturated heterocycles. The van der Waals surface area contributed by atoms with Crippen molar-refractivity contribution in [1.29, 1.82) is 0 Å². The van der Waals surface area contributed by atoms with E-state index in [9.17, 15) is 0 Å². The van der Waals surface area contributed by atoms with E-state index in [0.717, 1.165) is 51.4 Å². The molecule has 1 heterocycles. The summed E-state index contributed by atoms with van der Waals surface area (Å²) in [5.41, 5.74) is 3.34. The van der Waals surface area contributed by atoms with Crippen LogP contribution < -0.4 is 5.32 Å². The van der Waals surface area contributed by atoms with E-state index in [1.165, 1.54) is 16.5 Å². The van der Waals surface area contributed by atoms with E-state index in [1.54, 1.807) is 6.07 Å². The molecular formula is C25H32Cl2N4S. The first-order valence-electron chi connectivity index (χ1n) is 11.3. The number of aromatic nitrogens is 1. The first kappa shape index (κ1) is 24.8. The summed E-state index contributed by atoms with van der Waals surface area (Å²) in [4.78, 5) is 4.68. The Labute approximate surface area is 207 Å². The number of benzene rings is 2. The summed E-state index contributed by atoms with van der Waals surface area (Å²) in [5.74, 6) is 0. The van der Waals surface area contributed by atoms with E-state index in [-0.39, 0.29) is 0 Å². The van der Waals surface area contributed by atoms with Crippen molar-refractivity contribution in [3.05, 3.63) is 64.3 Å². The topological polar surface area (TPSA) is 23.4 Å². The third kappa shape index (κ3) is 6.38. The molecule has 0 spiro atoms. The van der Waals surface area contributed by atoms with Gasteiger partial charge in [-0.05, 0) is 75.0 Å². The SMILES string of the molecule is CCN(CC)CCCN(Cc1cn(CC)c2ccccc12)C(=S)Nc1cc(Cl)cc(Cl)c1. The second kappa shape index (κ2) is 11.9. The number of halogens is 2. The van der Waals surface area contributed by atoms with Gasteiger partial charge in [-0.1, -0.05) is 55.2 Å². The second-order valence-electron chi connectivity index (χ2n) is 7.85. The van der Waals surface area contributed by atoms with Crippen LogP contribution >= 0.6 is 35.4 Å². The first-order valence-corrected chi connectivity index (χ1v) is 12.4. The minimum Gasteiger partial charge on any atom is -0.347 e. The van der Waals surface area contributed by atoms with Crippen molar-refractivity contribution in [2.24, 2.45) is 0 Å². The Kier molecular flexibility index (Phi) is 9.23. The average molecular weight is 492 g/mol. The number of nitrogens with zero attached hydrogens (tertiary/aromatic N) is 3. The van der Waals surface area contributed by atoms with Crippen LogP contribution in [0, 0.1) is 0 Å². The second-order valence-corrected chi connectivity index (χ2v) is 9.11. The van der Waals surface area contributed by atoms with Gasteiger partial charge >= 0.3 is 0 Å². The first-order chi connectivity index (χ1) is 15.4. The van der Waals surface area contributed by atoms with Crippen molar-refractivity contribution < 1.29 is 0 Å². The highest BCUT2D eigenvalue weighted by Crippen LogP contribution is 2.25. The molecule has 0 bridgehead atoms. The quantitative estimate of drug-likeness (QED) is 0.312. The smallest absolute Gasteiger partial charge is 0.173 e. The van der Waals surface area contributed by atoms with E-state index >= 15 is 0 Å². The lowest BCUT2D eigenvalue weighted by atomic mass is 10.1. The number of aryl methyl sites for hydroxylation is 1. The summed E-state index contributed by atoms with van der Waals surface area (Å²) in [7, 11) is 0. The van der Waals surface area contributed by atoms with E-state index < -0.39 is 0 Å². The molecule has 0 aliphatic heterocycles. The summed E-state index contributed by atoms with van der Waals surface area (Å²) in [5, 5.41) is 6.47. The van der Waals surface area contributed by atoms with Crippen molar-refractivity contribution in [1.82, 2.24) is 14.4 Å². The molecular weight excluding hydrogens is 459 g/mol. The lowest BCUT2D eigenvalue weighted by Gasteiger charge is -2.27. The van der Waals surface area contributed by atoms with Crippen LogP contribution in [0.4, 0.5) is 5.69 Å². The van der Waals surface area contributed by atoms with Crippen LogP contribution in [0.1, 0.15) is 32.8 Å². The monoisotopic (exact) mass is 490 g/mol. The number of nitrogens with one attached hydrogen (secondary N) is 1. The fourth-order valence-corrected chi connectivity index (χ4v) is 4.82. The molecule has 0 aliphatic rings. The molecule has 32 heavy (non-hydrogen) atoms. The van der Waals surface area contributed by atoms with Crippen molar-refractivity contribution in [2.45, 2.75) is 40.3 Å². The molecule has 1 N–H and O–H groups in total. The number of hydrogen-bond acceptors (Lipinski definition) is 2. The van der Waals surface area contributed by atoms with Gasteiger partial charge in [-0.25, -0.2) is 0 Å². The highest BCUT2D eigenvalue weighted by Gasteiger charge is 2.16. The van der Waals surface area contributed by atoms with Crippen LogP contribution in [-0.2, 0) is 13.1 Å². The van der Waals surface area contributed by atoms with Gasteiger partial charge in [0.25, 0.3) is 0 Å². The van der Waals surface area contributed by atoms with E-state index in [2.05, 4.69) is 70.9 Å². The van der Waals surface area contributed by atoms with E-state index in [1.807, 2.05) is 12.1 Å². The van der Waals surface area contributed by atoms with Crippen molar-refractivity contribution in [3.8, 4) is 0 Å². The molecule has 3 rings (SSSR count). The van der Waals surface area contributed by atoms with Crippen LogP contribution in [-0.4, -0.2) is 45.7 Å². The Morgan fingerprint density at radius 2 is 1.69 bits per heavy atom. The van der Waals surface area contributed by atoms with Gasteiger partial charge in [0.15, 0.2) is 5.11 Å². The molecule has 3 aromatic rings. The number of rotatable bonds is 10. The van der Waals surface area contributed by atoms with Crippen molar-refractivity contribution >= 4 is 57.1 Å². The fraction of sp³-hybridized carbons (Fsp3) is 0.400. The van der Waals surface area contributed by atoms with Crippen LogP contribution in [0.5, 0.6) is 0 Å². The molecule has 0 aliphatic carbocycles. The van der Waals surface area contributed by atoms with Gasteiger partial charge in [-0.15, -0.1) is 0 Å². The van der Waals surface area contributed by atoms with Crippen LogP contribution in [0.2, 0.25) is 10.0 Å². The number of thiocarbonyl (C=S) groups is 1. The average Bonchev–Trinajstić information content (AvgIpc) is 3.13. The largest absolute Gasteiger partial charge is 0.347 e. The van der Waals surface area contributed by atoms with Gasteiger partial charge in [0, 0.05) is 52.5 Å². The predicted molar refractivity (Wildman–Crippen MR) is 143 cm³/mol. The zero-order valence-electron chi connectivity index (χ0n) is 19.1. The Hall–Kier alpha value is -1.79. The normalized spacial score (nSPS) is 11.3. The molecule has 0 amide bonds. The van der Waals surface area contributed by atoms with Crippen molar-refractivity contribution in [3.63, 3.8) is 0 Å². The summed E-state index contributed by atoms with van der Waals surface area (Å²) in [6.45, 7) is 12.3. The number of para-hydroxylation sites is 1.